The highest BCUT2D eigenvalue weighted by molar-refractivity contribution is 5.79. The number of likely N-dealkylation sites (tertiary alicyclic amines) is 1. The van der Waals surface area contributed by atoms with E-state index in [2.05, 4.69) is 31.6 Å². The van der Waals surface area contributed by atoms with Crippen molar-refractivity contribution in [2.24, 2.45) is 0 Å². The molecule has 0 bridgehead atoms. The van der Waals surface area contributed by atoms with Crippen LogP contribution in [0.3, 0.4) is 0 Å². The zero-order chi connectivity index (χ0) is 42.0. The van der Waals surface area contributed by atoms with Crippen molar-refractivity contribution < 1.29 is 41.0 Å². The number of aldehydes is 1. The number of esters is 1. The Morgan fingerprint density at radius 3 is 2.21 bits per heavy atom. The van der Waals surface area contributed by atoms with Gasteiger partial charge in [-0.1, -0.05) is 42.5 Å². The third-order valence-electron chi connectivity index (χ3n) is 10.2. The molecule has 15 heteroatoms. The number of ether oxygens (including phenoxy) is 2. The smallest absolute Gasteiger partial charge is 0.465 e. The molecule has 0 atom stereocenters. The highest BCUT2D eigenvalue weighted by atomic mass is 19.4. The normalized spacial score (nSPS) is 13.9. The van der Waals surface area contributed by atoms with Gasteiger partial charge in [0.2, 0.25) is 0 Å². The number of halogens is 5. The molecule has 0 saturated carbocycles. The lowest BCUT2D eigenvalue weighted by molar-refractivity contribution is -0.274. The number of benzene rings is 3. The van der Waals surface area contributed by atoms with Crippen molar-refractivity contribution in [3.8, 4) is 16.9 Å². The quantitative estimate of drug-likeness (QED) is 0.0678. The number of carbonyl (C=O) groups excluding carboxylic acids is 2. The minimum absolute atomic E-state index is 0.0119. The van der Waals surface area contributed by atoms with Crippen molar-refractivity contribution in [3.63, 3.8) is 0 Å². The van der Waals surface area contributed by atoms with Crippen molar-refractivity contribution >= 4 is 23.3 Å². The maximum absolute atomic E-state index is 13.7. The average molecular weight is 808 g/mol. The van der Waals surface area contributed by atoms with Crippen LogP contribution in [-0.2, 0) is 40.3 Å². The Balaban J connectivity index is 0.000000234. The standard InChI is InChI=1S/C26H33F3N2O3.C17H13F2N3O2/c1-5-33-24(32)25(2,3)31-16-14-22(15-17-31)30(4)18-19-6-8-20(9-7-19)21-10-12-23(13-11-21)34-26(27,28)29;18-12-5-3-11(14(19)10-12)4-6-15-21-17(24)13-2-1-7-20-16(13)22(15)8-9-23/h6-13,22H,5,14-18H2,1-4H3;1-3,5,7,9-10H,4,6,8H2. The number of aryl methyl sites for hydroxylation is 2. The SMILES string of the molecule is CCOC(=O)C(C)(C)N1CCC(N(C)Cc2ccc(-c3ccc(OC(F)(F)F)cc3)cc2)CC1.O=CCn1c(CCc2ccc(F)cc2F)nc(=O)c2cccnc21. The van der Waals surface area contributed by atoms with Gasteiger partial charge < -0.3 is 18.8 Å². The molecule has 0 radical (unpaired) electrons. The van der Waals surface area contributed by atoms with Crippen LogP contribution in [-0.4, -0.2) is 81.3 Å². The summed E-state index contributed by atoms with van der Waals surface area (Å²) in [6.45, 7) is 8.53. The molecule has 0 amide bonds. The Morgan fingerprint density at radius 2 is 1.60 bits per heavy atom. The monoisotopic (exact) mass is 807 g/mol. The van der Waals surface area contributed by atoms with E-state index in [4.69, 9.17) is 4.74 Å². The molecule has 2 aromatic heterocycles. The molecule has 0 aliphatic carbocycles. The van der Waals surface area contributed by atoms with E-state index in [0.29, 0.717) is 41.4 Å². The van der Waals surface area contributed by atoms with Gasteiger partial charge in [0.25, 0.3) is 5.56 Å². The van der Waals surface area contributed by atoms with Gasteiger partial charge in [0.15, 0.2) is 0 Å². The molecule has 58 heavy (non-hydrogen) atoms. The molecule has 1 aliphatic heterocycles. The molecule has 3 heterocycles. The Bertz CT molecular complexity index is 2220. The van der Waals surface area contributed by atoms with Crippen LogP contribution in [0.25, 0.3) is 22.2 Å². The number of hydrogen-bond donors (Lipinski definition) is 0. The number of hydrogen-bond acceptors (Lipinski definition) is 9. The highest BCUT2D eigenvalue weighted by Gasteiger charge is 2.38. The summed E-state index contributed by atoms with van der Waals surface area (Å²) in [7, 11) is 2.12. The second kappa shape index (κ2) is 19.3. The molecule has 3 aromatic carbocycles. The first-order valence-electron chi connectivity index (χ1n) is 18.9. The van der Waals surface area contributed by atoms with Crippen LogP contribution in [0.5, 0.6) is 5.75 Å². The van der Waals surface area contributed by atoms with Crippen LogP contribution in [0.4, 0.5) is 22.0 Å². The predicted octanol–water partition coefficient (Wildman–Crippen LogP) is 7.54. The number of fused-ring (bicyclic) bond motifs is 1. The van der Waals surface area contributed by atoms with Crippen LogP contribution in [0.2, 0.25) is 0 Å². The van der Waals surface area contributed by atoms with Crippen molar-refractivity contribution in [1.82, 2.24) is 24.3 Å². The van der Waals surface area contributed by atoms with Crippen LogP contribution >= 0.6 is 0 Å². The van der Waals surface area contributed by atoms with Crippen molar-refractivity contribution in [3.05, 3.63) is 124 Å². The highest BCUT2D eigenvalue weighted by Crippen LogP contribution is 2.28. The molecule has 0 spiro atoms. The number of carbonyl (C=O) groups is 2. The molecular weight excluding hydrogens is 761 g/mol. The van der Waals surface area contributed by atoms with Gasteiger partial charge in [0.1, 0.15) is 40.7 Å². The second-order valence-corrected chi connectivity index (χ2v) is 14.4. The first-order valence-corrected chi connectivity index (χ1v) is 18.9. The topological polar surface area (TPSA) is 107 Å². The van der Waals surface area contributed by atoms with Crippen molar-refractivity contribution in [2.75, 3.05) is 26.7 Å². The van der Waals surface area contributed by atoms with Crippen LogP contribution in [0, 0.1) is 11.6 Å². The average Bonchev–Trinajstić information content (AvgIpc) is 3.19. The molecule has 1 saturated heterocycles. The van der Waals surface area contributed by atoms with Gasteiger partial charge in [-0.05, 0) is 99.7 Å². The fourth-order valence-corrected chi connectivity index (χ4v) is 6.94. The van der Waals surface area contributed by atoms with Crippen molar-refractivity contribution in [2.45, 2.75) is 77.5 Å². The molecule has 308 valence electrons. The van der Waals surface area contributed by atoms with Gasteiger partial charge >= 0.3 is 12.3 Å². The Labute approximate surface area is 333 Å². The van der Waals surface area contributed by atoms with Crippen LogP contribution in [0.15, 0.2) is 89.9 Å². The van der Waals surface area contributed by atoms with Gasteiger partial charge in [0, 0.05) is 44.4 Å². The van der Waals surface area contributed by atoms with Gasteiger partial charge in [-0.3, -0.25) is 19.4 Å². The van der Waals surface area contributed by atoms with Crippen molar-refractivity contribution in [1.29, 1.82) is 0 Å². The van der Waals surface area contributed by atoms with E-state index < -0.39 is 29.1 Å². The van der Waals surface area contributed by atoms with E-state index in [1.54, 1.807) is 24.3 Å². The van der Waals surface area contributed by atoms with E-state index in [1.165, 1.54) is 35.0 Å². The molecule has 0 unspecified atom stereocenters. The van der Waals surface area contributed by atoms with Gasteiger partial charge in [0.05, 0.1) is 18.5 Å². The van der Waals surface area contributed by atoms with E-state index in [9.17, 15) is 36.3 Å². The summed E-state index contributed by atoms with van der Waals surface area (Å²) in [6.07, 6.45) is -0.0981. The molecule has 0 N–H and O–H groups in total. The fourth-order valence-electron chi connectivity index (χ4n) is 6.94. The summed E-state index contributed by atoms with van der Waals surface area (Å²) in [6, 6.07) is 20.9. The molecule has 1 fully saturated rings. The zero-order valence-electron chi connectivity index (χ0n) is 32.8. The summed E-state index contributed by atoms with van der Waals surface area (Å²) < 4.78 is 74.4. The van der Waals surface area contributed by atoms with E-state index in [0.717, 1.165) is 55.2 Å². The Hall–Kier alpha value is -5.54. The number of rotatable bonds is 13. The van der Waals surface area contributed by atoms with E-state index in [1.807, 2.05) is 45.0 Å². The van der Waals surface area contributed by atoms with E-state index in [-0.39, 0.29) is 31.1 Å². The number of nitrogens with zero attached hydrogens (tertiary/aromatic N) is 5. The van der Waals surface area contributed by atoms with Gasteiger partial charge in [-0.25, -0.2) is 13.8 Å². The molecule has 1 aliphatic rings. The molecule has 6 rings (SSSR count). The third-order valence-corrected chi connectivity index (χ3v) is 10.2. The van der Waals surface area contributed by atoms with E-state index >= 15 is 0 Å². The fraction of sp³-hybridized carbons (Fsp3) is 0.372. The minimum Gasteiger partial charge on any atom is -0.465 e. The number of alkyl halides is 3. The summed E-state index contributed by atoms with van der Waals surface area (Å²) in [5, 5.41) is 0.316. The molecule has 10 nitrogen and oxygen atoms in total. The maximum atomic E-state index is 13.7. The lowest BCUT2D eigenvalue weighted by Crippen LogP contribution is -2.55. The first-order chi connectivity index (χ1) is 27.6. The minimum atomic E-state index is -4.69. The lowest BCUT2D eigenvalue weighted by atomic mass is 9.95. The Kier molecular flexibility index (Phi) is 14.5. The number of piperidine rings is 1. The zero-order valence-corrected chi connectivity index (χ0v) is 32.8. The summed E-state index contributed by atoms with van der Waals surface area (Å²) >= 11 is 0. The summed E-state index contributed by atoms with van der Waals surface area (Å²) in [5.74, 6) is -1.38. The van der Waals surface area contributed by atoms with Crippen LogP contribution in [0.1, 0.15) is 50.6 Å². The predicted molar refractivity (Wildman–Crippen MR) is 209 cm³/mol. The largest absolute Gasteiger partial charge is 0.573 e. The van der Waals surface area contributed by atoms with Gasteiger partial charge in [-0.15, -0.1) is 13.2 Å². The number of aromatic nitrogens is 3. The Morgan fingerprint density at radius 1 is 0.948 bits per heavy atom. The first kappa shape index (κ1) is 43.6. The summed E-state index contributed by atoms with van der Waals surface area (Å²) in [4.78, 5) is 48.0. The van der Waals surface area contributed by atoms with Crippen LogP contribution < -0.4 is 10.3 Å². The maximum Gasteiger partial charge on any atom is 0.573 e. The lowest BCUT2D eigenvalue weighted by Gasteiger charge is -2.43. The molecular formula is C43H46F5N5O5. The second-order valence-electron chi connectivity index (χ2n) is 14.4. The summed E-state index contributed by atoms with van der Waals surface area (Å²) in [5.41, 5.74) is 2.52. The molecule has 5 aromatic rings. The van der Waals surface area contributed by atoms with Gasteiger partial charge in [-0.2, -0.15) is 4.98 Å². The number of pyridine rings is 1. The third kappa shape index (κ3) is 11.3.